The summed E-state index contributed by atoms with van der Waals surface area (Å²) >= 11 is 0. The molecule has 0 fully saturated rings. The first-order valence-electron chi connectivity index (χ1n) is 11.8. The van der Waals surface area contributed by atoms with E-state index in [2.05, 4.69) is 43.2 Å². The molecule has 3 heterocycles. The van der Waals surface area contributed by atoms with E-state index in [9.17, 15) is 4.79 Å². The van der Waals surface area contributed by atoms with Gasteiger partial charge in [0.15, 0.2) is 5.82 Å². The van der Waals surface area contributed by atoms with Gasteiger partial charge in [-0.05, 0) is 42.8 Å². The highest BCUT2D eigenvalue weighted by Crippen LogP contribution is 2.26. The van der Waals surface area contributed by atoms with Crippen LogP contribution in [0.25, 0.3) is 11.3 Å². The maximum Gasteiger partial charge on any atom is 0.251 e. The van der Waals surface area contributed by atoms with Gasteiger partial charge in [-0.2, -0.15) is 0 Å². The molecule has 2 aromatic carbocycles. The van der Waals surface area contributed by atoms with Gasteiger partial charge in [-0.3, -0.25) is 9.69 Å². The molecular weight excluding hydrogens is 442 g/mol. The van der Waals surface area contributed by atoms with Crippen LogP contribution < -0.4 is 10.1 Å². The third-order valence-corrected chi connectivity index (χ3v) is 6.41. The molecule has 0 unspecified atom stereocenters. The van der Waals surface area contributed by atoms with Crippen LogP contribution in [0.4, 0.5) is 0 Å². The molecule has 0 spiro atoms. The number of amides is 1. The lowest BCUT2D eigenvalue weighted by Crippen LogP contribution is -2.30. The van der Waals surface area contributed by atoms with Gasteiger partial charge in [-0.25, -0.2) is 0 Å². The summed E-state index contributed by atoms with van der Waals surface area (Å²) in [6, 6.07) is 19.1. The molecule has 0 saturated carbocycles. The van der Waals surface area contributed by atoms with Crippen molar-refractivity contribution in [3.63, 3.8) is 0 Å². The Balaban J connectivity index is 1.26. The van der Waals surface area contributed by atoms with Crippen molar-refractivity contribution in [1.82, 2.24) is 25.0 Å². The quantitative estimate of drug-likeness (QED) is 0.437. The Hall–Kier alpha value is -3.91. The van der Waals surface area contributed by atoms with E-state index in [-0.39, 0.29) is 11.9 Å². The van der Waals surface area contributed by atoms with Crippen molar-refractivity contribution in [2.24, 2.45) is 0 Å². The minimum Gasteiger partial charge on any atom is -0.497 e. The summed E-state index contributed by atoms with van der Waals surface area (Å²) < 4.78 is 13.0. The van der Waals surface area contributed by atoms with Gasteiger partial charge in [0.25, 0.3) is 5.91 Å². The summed E-state index contributed by atoms with van der Waals surface area (Å²) in [5.74, 6) is 3.09. The number of aromatic nitrogens is 3. The number of furan rings is 1. The van der Waals surface area contributed by atoms with E-state index < -0.39 is 0 Å². The molecule has 5 rings (SSSR count). The lowest BCUT2D eigenvalue weighted by Gasteiger charge is -2.21. The summed E-state index contributed by atoms with van der Waals surface area (Å²) in [5, 5.41) is 11.9. The second-order valence-electron chi connectivity index (χ2n) is 8.71. The summed E-state index contributed by atoms with van der Waals surface area (Å²) in [6.45, 7) is 5.28. The van der Waals surface area contributed by atoms with Gasteiger partial charge in [0, 0.05) is 43.7 Å². The van der Waals surface area contributed by atoms with Crippen molar-refractivity contribution < 1.29 is 13.9 Å². The molecule has 8 heteroatoms. The first kappa shape index (κ1) is 22.9. The van der Waals surface area contributed by atoms with E-state index in [0.717, 1.165) is 55.6 Å². The van der Waals surface area contributed by atoms with Gasteiger partial charge in [0.05, 0.1) is 19.4 Å². The number of hydrogen-bond donors (Lipinski definition) is 1. The Morgan fingerprint density at radius 2 is 1.97 bits per heavy atom. The summed E-state index contributed by atoms with van der Waals surface area (Å²) in [4.78, 5) is 15.2. The Morgan fingerprint density at radius 1 is 1.09 bits per heavy atom. The molecule has 180 valence electrons. The molecule has 1 amide bonds. The molecule has 1 aliphatic rings. The SMILES string of the molecule is COc1cccc(C(=O)N[C@@H](C)c2nnc3n2CCN(Cc2ccccc2-c2ccco2)CC3)c1. The van der Waals surface area contributed by atoms with Gasteiger partial charge in [0.1, 0.15) is 17.3 Å². The predicted octanol–water partition coefficient (Wildman–Crippen LogP) is 4.10. The lowest BCUT2D eigenvalue weighted by atomic mass is 10.0. The van der Waals surface area contributed by atoms with Crippen LogP contribution in [-0.2, 0) is 19.5 Å². The number of fused-ring (bicyclic) bond motifs is 1. The summed E-state index contributed by atoms with van der Waals surface area (Å²) in [5.41, 5.74) is 2.91. The van der Waals surface area contributed by atoms with Crippen LogP contribution in [0.1, 0.15) is 40.5 Å². The largest absolute Gasteiger partial charge is 0.497 e. The lowest BCUT2D eigenvalue weighted by molar-refractivity contribution is 0.0937. The molecule has 0 bridgehead atoms. The molecule has 0 radical (unpaired) electrons. The van der Waals surface area contributed by atoms with Gasteiger partial charge >= 0.3 is 0 Å². The number of carbonyl (C=O) groups excluding carboxylic acids is 1. The maximum absolute atomic E-state index is 12.8. The first-order chi connectivity index (χ1) is 17.1. The highest BCUT2D eigenvalue weighted by Gasteiger charge is 2.23. The molecule has 1 atom stereocenters. The first-order valence-corrected chi connectivity index (χ1v) is 11.8. The van der Waals surface area contributed by atoms with Crippen molar-refractivity contribution >= 4 is 5.91 Å². The number of rotatable bonds is 7. The van der Waals surface area contributed by atoms with Crippen LogP contribution in [0.15, 0.2) is 71.3 Å². The van der Waals surface area contributed by atoms with Crippen LogP contribution in [0.3, 0.4) is 0 Å². The monoisotopic (exact) mass is 471 g/mol. The molecule has 0 aliphatic carbocycles. The topological polar surface area (TPSA) is 85.4 Å². The Kier molecular flexibility index (Phi) is 6.63. The number of nitrogens with one attached hydrogen (secondary N) is 1. The fourth-order valence-corrected chi connectivity index (χ4v) is 4.55. The molecule has 4 aromatic rings. The van der Waals surface area contributed by atoms with Crippen molar-refractivity contribution in [1.29, 1.82) is 0 Å². The van der Waals surface area contributed by atoms with Crippen LogP contribution in [0.5, 0.6) is 5.75 Å². The van der Waals surface area contributed by atoms with Crippen LogP contribution in [0, 0.1) is 0 Å². The van der Waals surface area contributed by atoms with E-state index in [0.29, 0.717) is 11.3 Å². The third kappa shape index (κ3) is 4.97. The number of ether oxygens (including phenoxy) is 1. The fourth-order valence-electron chi connectivity index (χ4n) is 4.55. The second-order valence-corrected chi connectivity index (χ2v) is 8.71. The average Bonchev–Trinajstić information content (AvgIpc) is 3.52. The van der Waals surface area contributed by atoms with E-state index in [1.165, 1.54) is 5.56 Å². The highest BCUT2D eigenvalue weighted by molar-refractivity contribution is 5.94. The van der Waals surface area contributed by atoms with E-state index in [1.807, 2.05) is 31.2 Å². The third-order valence-electron chi connectivity index (χ3n) is 6.41. The average molecular weight is 472 g/mol. The zero-order chi connectivity index (χ0) is 24.2. The van der Waals surface area contributed by atoms with E-state index >= 15 is 0 Å². The van der Waals surface area contributed by atoms with Crippen molar-refractivity contribution in [2.45, 2.75) is 32.5 Å². The van der Waals surface area contributed by atoms with Gasteiger partial charge in [-0.15, -0.1) is 10.2 Å². The molecule has 8 nitrogen and oxygen atoms in total. The molecular formula is C27H29N5O3. The van der Waals surface area contributed by atoms with Crippen LogP contribution in [-0.4, -0.2) is 45.8 Å². The minimum atomic E-state index is -0.277. The number of hydrogen-bond acceptors (Lipinski definition) is 6. The van der Waals surface area contributed by atoms with E-state index in [1.54, 1.807) is 31.6 Å². The van der Waals surface area contributed by atoms with Gasteiger partial charge in [-0.1, -0.05) is 30.3 Å². The van der Waals surface area contributed by atoms with Crippen LogP contribution >= 0.6 is 0 Å². The standard InChI is InChI=1S/C27H29N5O3/c1-19(28-27(33)20-8-5-9-22(17-20)34-2)26-30-29-25-12-13-31(14-15-32(25)26)18-21-7-3-4-10-23(21)24-11-6-16-35-24/h3-11,16-17,19H,12-15,18H2,1-2H3,(H,28,33)/t19-/m0/s1. The predicted molar refractivity (Wildman–Crippen MR) is 132 cm³/mol. The van der Waals surface area contributed by atoms with Gasteiger partial charge < -0.3 is 19.0 Å². The second kappa shape index (κ2) is 10.1. The Labute approximate surface area is 204 Å². The number of nitrogens with zero attached hydrogens (tertiary/aromatic N) is 4. The van der Waals surface area contributed by atoms with E-state index in [4.69, 9.17) is 9.15 Å². The normalized spacial score (nSPS) is 14.7. The highest BCUT2D eigenvalue weighted by atomic mass is 16.5. The fraction of sp³-hybridized carbons (Fsp3) is 0.296. The summed E-state index contributed by atoms with van der Waals surface area (Å²) in [6.07, 6.45) is 2.51. The zero-order valence-corrected chi connectivity index (χ0v) is 20.0. The Morgan fingerprint density at radius 3 is 2.80 bits per heavy atom. The zero-order valence-electron chi connectivity index (χ0n) is 20.0. The van der Waals surface area contributed by atoms with Crippen molar-refractivity contribution in [3.8, 4) is 17.1 Å². The molecule has 2 aromatic heterocycles. The number of benzene rings is 2. The molecule has 1 N–H and O–H groups in total. The molecule has 1 aliphatic heterocycles. The van der Waals surface area contributed by atoms with Crippen molar-refractivity contribution in [3.05, 3.63) is 89.7 Å². The van der Waals surface area contributed by atoms with Gasteiger partial charge in [0.2, 0.25) is 0 Å². The number of carbonyl (C=O) groups is 1. The molecule has 35 heavy (non-hydrogen) atoms. The van der Waals surface area contributed by atoms with Crippen molar-refractivity contribution in [2.75, 3.05) is 20.2 Å². The Bertz CT molecular complexity index is 1300. The number of methoxy groups -OCH3 is 1. The molecule has 0 saturated heterocycles. The summed E-state index contributed by atoms with van der Waals surface area (Å²) in [7, 11) is 1.59. The van der Waals surface area contributed by atoms with Crippen LogP contribution in [0.2, 0.25) is 0 Å². The minimum absolute atomic E-state index is 0.168. The maximum atomic E-state index is 12.8. The smallest absolute Gasteiger partial charge is 0.251 e.